The van der Waals surface area contributed by atoms with Crippen molar-refractivity contribution in [2.24, 2.45) is 0 Å². The van der Waals surface area contributed by atoms with Crippen LogP contribution in [0.1, 0.15) is 24.2 Å². The van der Waals surface area contributed by atoms with Crippen LogP contribution in [0.2, 0.25) is 0 Å². The maximum Gasteiger partial charge on any atom is 0.340 e. The first-order valence-corrected chi connectivity index (χ1v) is 7.32. The maximum absolute atomic E-state index is 12.2. The number of ether oxygens (including phenoxy) is 2. The van der Waals surface area contributed by atoms with Crippen LogP contribution in [0, 0.1) is 0 Å². The molecule has 116 valence electrons. The van der Waals surface area contributed by atoms with Crippen molar-refractivity contribution in [3.05, 3.63) is 60.2 Å². The Hall–Kier alpha value is -2.49. The normalized spacial score (nSPS) is 11.6. The van der Waals surface area contributed by atoms with Gasteiger partial charge in [-0.05, 0) is 38.1 Å². The Labute approximate surface area is 131 Å². The van der Waals surface area contributed by atoms with Crippen LogP contribution >= 0.6 is 0 Å². The molecule has 0 saturated carbocycles. The molecule has 0 fully saturated rings. The van der Waals surface area contributed by atoms with Crippen molar-refractivity contribution >= 4 is 11.7 Å². The third kappa shape index (κ3) is 3.79. The van der Waals surface area contributed by atoms with Crippen LogP contribution in [0.25, 0.3) is 0 Å². The second kappa shape index (κ2) is 7.50. The number of carbonyl (C=O) groups excluding carboxylic acids is 1. The van der Waals surface area contributed by atoms with Crippen molar-refractivity contribution in [1.29, 1.82) is 0 Å². The molecule has 0 bridgehead atoms. The number of carbonyl (C=O) groups is 1. The average molecular weight is 299 g/mol. The number of hydrogen-bond donors (Lipinski definition) is 0. The smallest absolute Gasteiger partial charge is 0.340 e. The molecule has 0 radical (unpaired) electrons. The van der Waals surface area contributed by atoms with E-state index in [-0.39, 0.29) is 12.2 Å². The van der Waals surface area contributed by atoms with E-state index < -0.39 is 0 Å². The van der Waals surface area contributed by atoms with Gasteiger partial charge in [0.1, 0.15) is 5.75 Å². The molecule has 4 heteroatoms. The minimum Gasteiger partial charge on any atom is -0.497 e. The molecule has 0 aromatic heterocycles. The average Bonchev–Trinajstić information content (AvgIpc) is 2.56. The van der Waals surface area contributed by atoms with E-state index in [9.17, 15) is 4.79 Å². The first kappa shape index (κ1) is 15.9. The molecule has 4 nitrogen and oxygen atoms in total. The van der Waals surface area contributed by atoms with E-state index >= 15 is 0 Å². The highest BCUT2D eigenvalue weighted by atomic mass is 16.6. The molecule has 2 aromatic rings. The highest BCUT2D eigenvalue weighted by Gasteiger charge is 2.18. The van der Waals surface area contributed by atoms with Gasteiger partial charge in [0.05, 0.1) is 12.7 Å². The number of hydrogen-bond acceptors (Lipinski definition) is 4. The van der Waals surface area contributed by atoms with Crippen LogP contribution < -0.4 is 9.64 Å². The van der Waals surface area contributed by atoms with Gasteiger partial charge >= 0.3 is 5.97 Å². The van der Waals surface area contributed by atoms with E-state index in [0.717, 1.165) is 18.0 Å². The van der Waals surface area contributed by atoms with Gasteiger partial charge < -0.3 is 14.4 Å². The fourth-order valence-electron chi connectivity index (χ4n) is 2.30. The van der Waals surface area contributed by atoms with E-state index in [1.54, 1.807) is 19.2 Å². The summed E-state index contributed by atoms with van der Waals surface area (Å²) in [6, 6.07) is 16.7. The lowest BCUT2D eigenvalue weighted by molar-refractivity contribution is 0.0336. The van der Waals surface area contributed by atoms with Gasteiger partial charge in [-0.1, -0.05) is 24.3 Å². The van der Waals surface area contributed by atoms with Crippen LogP contribution in [0.5, 0.6) is 5.75 Å². The molecule has 0 heterocycles. The Balaban J connectivity index is 2.11. The summed E-state index contributed by atoms with van der Waals surface area (Å²) in [5.41, 5.74) is 1.51. The SMILES string of the molecule is CCN(c1cccc(OC)c1)C(C)OC(=O)c1ccccc1. The maximum atomic E-state index is 12.2. The second-order valence-electron chi connectivity index (χ2n) is 4.86. The summed E-state index contributed by atoms with van der Waals surface area (Å²) in [6.45, 7) is 4.60. The van der Waals surface area contributed by atoms with Gasteiger partial charge in [0.15, 0.2) is 6.23 Å². The third-order valence-corrected chi connectivity index (χ3v) is 3.45. The summed E-state index contributed by atoms with van der Waals surface area (Å²) in [6.07, 6.45) is -0.371. The molecular formula is C18H21NO3. The van der Waals surface area contributed by atoms with Gasteiger partial charge in [-0.15, -0.1) is 0 Å². The van der Waals surface area contributed by atoms with E-state index in [1.165, 1.54) is 0 Å². The van der Waals surface area contributed by atoms with Crippen molar-refractivity contribution < 1.29 is 14.3 Å². The molecule has 0 aliphatic rings. The lowest BCUT2D eigenvalue weighted by atomic mass is 10.2. The molecule has 0 aliphatic heterocycles. The van der Waals surface area contributed by atoms with Gasteiger partial charge in [0.2, 0.25) is 0 Å². The summed E-state index contributed by atoms with van der Waals surface area (Å²) < 4.78 is 10.8. The lowest BCUT2D eigenvalue weighted by Gasteiger charge is -2.29. The quantitative estimate of drug-likeness (QED) is 0.602. The number of nitrogens with zero attached hydrogens (tertiary/aromatic N) is 1. The van der Waals surface area contributed by atoms with Gasteiger partial charge in [0.25, 0.3) is 0 Å². The van der Waals surface area contributed by atoms with Crippen molar-refractivity contribution in [1.82, 2.24) is 0 Å². The van der Waals surface area contributed by atoms with Crippen LogP contribution in [-0.4, -0.2) is 25.9 Å². The summed E-state index contributed by atoms with van der Waals surface area (Å²) in [4.78, 5) is 14.2. The Morgan fingerprint density at radius 3 is 2.50 bits per heavy atom. The van der Waals surface area contributed by atoms with Gasteiger partial charge in [-0.3, -0.25) is 0 Å². The first-order valence-electron chi connectivity index (χ1n) is 7.32. The molecule has 0 spiro atoms. The van der Waals surface area contributed by atoms with Crippen LogP contribution in [-0.2, 0) is 4.74 Å². The number of esters is 1. The summed E-state index contributed by atoms with van der Waals surface area (Å²) in [5.74, 6) is 0.451. The molecule has 0 amide bonds. The molecule has 0 N–H and O–H groups in total. The van der Waals surface area contributed by atoms with Crippen LogP contribution in [0.4, 0.5) is 5.69 Å². The number of rotatable bonds is 6. The molecular weight excluding hydrogens is 278 g/mol. The Bertz CT molecular complexity index is 613. The van der Waals surface area contributed by atoms with Crippen LogP contribution in [0.15, 0.2) is 54.6 Å². The highest BCUT2D eigenvalue weighted by molar-refractivity contribution is 5.89. The minimum absolute atomic E-state index is 0.325. The van der Waals surface area contributed by atoms with Gasteiger partial charge in [-0.25, -0.2) is 4.79 Å². The number of benzene rings is 2. The Morgan fingerprint density at radius 2 is 1.86 bits per heavy atom. The summed E-state index contributed by atoms with van der Waals surface area (Å²) in [7, 11) is 1.63. The largest absolute Gasteiger partial charge is 0.497 e. The zero-order chi connectivity index (χ0) is 15.9. The van der Waals surface area contributed by atoms with Crippen LogP contribution in [0.3, 0.4) is 0 Å². The monoisotopic (exact) mass is 299 g/mol. The molecule has 0 aliphatic carbocycles. The summed E-state index contributed by atoms with van der Waals surface area (Å²) in [5, 5.41) is 0. The summed E-state index contributed by atoms with van der Waals surface area (Å²) >= 11 is 0. The van der Waals surface area contributed by atoms with E-state index in [1.807, 2.05) is 61.2 Å². The molecule has 0 saturated heterocycles. The van der Waals surface area contributed by atoms with Gasteiger partial charge in [0, 0.05) is 18.3 Å². The zero-order valence-corrected chi connectivity index (χ0v) is 13.2. The van der Waals surface area contributed by atoms with Crippen molar-refractivity contribution in [2.75, 3.05) is 18.6 Å². The molecule has 22 heavy (non-hydrogen) atoms. The number of anilines is 1. The molecule has 2 aromatic carbocycles. The Kier molecular flexibility index (Phi) is 5.42. The standard InChI is InChI=1S/C18H21NO3/c1-4-19(16-11-8-12-17(13-16)21-3)14(2)22-18(20)15-9-6-5-7-10-15/h5-14H,4H2,1-3H3. The van der Waals surface area contributed by atoms with E-state index in [4.69, 9.17) is 9.47 Å². The topological polar surface area (TPSA) is 38.8 Å². The van der Waals surface area contributed by atoms with E-state index in [2.05, 4.69) is 0 Å². The number of methoxy groups -OCH3 is 1. The van der Waals surface area contributed by atoms with Crippen molar-refractivity contribution in [3.63, 3.8) is 0 Å². The van der Waals surface area contributed by atoms with Crippen molar-refractivity contribution in [2.45, 2.75) is 20.1 Å². The third-order valence-electron chi connectivity index (χ3n) is 3.45. The minimum atomic E-state index is -0.371. The predicted octanol–water partition coefficient (Wildman–Crippen LogP) is 3.72. The fourth-order valence-corrected chi connectivity index (χ4v) is 2.30. The van der Waals surface area contributed by atoms with E-state index in [0.29, 0.717) is 5.56 Å². The van der Waals surface area contributed by atoms with Gasteiger partial charge in [-0.2, -0.15) is 0 Å². The highest BCUT2D eigenvalue weighted by Crippen LogP contribution is 2.23. The lowest BCUT2D eigenvalue weighted by Crippen LogP contribution is -2.36. The predicted molar refractivity (Wildman–Crippen MR) is 87.3 cm³/mol. The zero-order valence-electron chi connectivity index (χ0n) is 13.2. The second-order valence-corrected chi connectivity index (χ2v) is 4.86. The fraction of sp³-hybridized carbons (Fsp3) is 0.278. The Morgan fingerprint density at radius 1 is 1.14 bits per heavy atom. The first-order chi connectivity index (χ1) is 10.7. The molecule has 1 atom stereocenters. The molecule has 1 unspecified atom stereocenters. The molecule has 2 rings (SSSR count). The van der Waals surface area contributed by atoms with Crippen molar-refractivity contribution in [3.8, 4) is 5.75 Å².